The van der Waals surface area contributed by atoms with Crippen molar-refractivity contribution in [3.63, 3.8) is 0 Å². The van der Waals surface area contributed by atoms with E-state index in [9.17, 15) is 14.4 Å². The number of ether oxygens (including phenoxy) is 1. The summed E-state index contributed by atoms with van der Waals surface area (Å²) in [7, 11) is 0. The highest BCUT2D eigenvalue weighted by molar-refractivity contribution is 5.90. The number of aromatic nitrogens is 1. The molecule has 2 aromatic rings. The maximum absolute atomic E-state index is 13.4. The molecule has 1 atom stereocenters. The van der Waals surface area contributed by atoms with Gasteiger partial charge in [0.1, 0.15) is 5.82 Å². The van der Waals surface area contributed by atoms with Crippen molar-refractivity contribution >= 4 is 5.91 Å². The number of nitrogens with zero attached hydrogens (tertiary/aromatic N) is 2. The van der Waals surface area contributed by atoms with E-state index in [2.05, 4.69) is 0 Å². The quantitative estimate of drug-likeness (QED) is 0.624. The zero-order valence-electron chi connectivity index (χ0n) is 13.2. The first kappa shape index (κ1) is 16.4. The number of benzene rings is 1. The molecule has 0 unspecified atom stereocenters. The van der Waals surface area contributed by atoms with Gasteiger partial charge < -0.3 is 14.8 Å². The highest BCUT2D eigenvalue weighted by atomic mass is 19.1. The number of carbonyl (C=O) groups excluding carboxylic acids is 1. The Hall–Kier alpha value is -2.47. The zero-order chi connectivity index (χ0) is 16.9. The standard InChI is InChI=1S/C18H19FN2O3/c19-15-6-3-5-14(11-15)12-20(13-16-7-4-10-24-16)18(22)17-8-1-2-9-21(17)23/h1-3,5-6,8-9,11,16H,4,7,10,12-13H2/t16-/m1/s1. The third kappa shape index (κ3) is 3.89. The fraction of sp³-hybridized carbons (Fsp3) is 0.333. The topological polar surface area (TPSA) is 56.5 Å². The van der Waals surface area contributed by atoms with Gasteiger partial charge in [-0.1, -0.05) is 12.1 Å². The molecule has 3 rings (SSSR count). The lowest BCUT2D eigenvalue weighted by atomic mass is 10.1. The van der Waals surface area contributed by atoms with Gasteiger partial charge in [0.15, 0.2) is 6.20 Å². The summed E-state index contributed by atoms with van der Waals surface area (Å²) in [4.78, 5) is 14.3. The van der Waals surface area contributed by atoms with Gasteiger partial charge in [0.25, 0.3) is 5.69 Å². The number of pyridine rings is 1. The lowest BCUT2D eigenvalue weighted by Crippen LogP contribution is -2.43. The van der Waals surface area contributed by atoms with Crippen molar-refractivity contribution < 1.29 is 18.7 Å². The molecule has 0 spiro atoms. The van der Waals surface area contributed by atoms with Crippen LogP contribution in [0.4, 0.5) is 4.39 Å². The van der Waals surface area contributed by atoms with Crippen LogP contribution in [0.1, 0.15) is 28.9 Å². The van der Waals surface area contributed by atoms with Crippen molar-refractivity contribution in [2.24, 2.45) is 0 Å². The van der Waals surface area contributed by atoms with Gasteiger partial charge in [-0.2, -0.15) is 4.73 Å². The molecular formula is C18H19FN2O3. The Labute approximate surface area is 139 Å². The van der Waals surface area contributed by atoms with Gasteiger partial charge in [0.2, 0.25) is 0 Å². The fourth-order valence-corrected chi connectivity index (χ4v) is 2.86. The Balaban J connectivity index is 1.83. The monoisotopic (exact) mass is 330 g/mol. The number of rotatable bonds is 5. The number of hydrogen-bond donors (Lipinski definition) is 0. The summed E-state index contributed by atoms with van der Waals surface area (Å²) in [5, 5.41) is 11.9. The van der Waals surface area contributed by atoms with E-state index in [1.54, 1.807) is 29.2 Å². The number of carbonyl (C=O) groups is 1. The first-order chi connectivity index (χ1) is 11.6. The molecular weight excluding hydrogens is 311 g/mol. The average molecular weight is 330 g/mol. The van der Waals surface area contributed by atoms with Gasteiger partial charge in [0, 0.05) is 31.8 Å². The Kier molecular flexibility index (Phi) is 5.05. The maximum Gasteiger partial charge on any atom is 0.320 e. The van der Waals surface area contributed by atoms with E-state index in [1.807, 2.05) is 0 Å². The third-order valence-electron chi connectivity index (χ3n) is 4.04. The fourth-order valence-electron chi connectivity index (χ4n) is 2.86. The third-order valence-corrected chi connectivity index (χ3v) is 4.04. The maximum atomic E-state index is 13.4. The van der Waals surface area contributed by atoms with Crippen LogP contribution in [0.2, 0.25) is 0 Å². The predicted octanol–water partition coefficient (Wildman–Crippen LogP) is 2.28. The molecule has 0 radical (unpaired) electrons. The van der Waals surface area contributed by atoms with Gasteiger partial charge in [-0.15, -0.1) is 0 Å². The van der Waals surface area contributed by atoms with Crippen LogP contribution in [0.15, 0.2) is 48.7 Å². The second-order valence-electron chi connectivity index (χ2n) is 5.86. The Morgan fingerprint density at radius 1 is 1.33 bits per heavy atom. The van der Waals surface area contributed by atoms with Gasteiger partial charge in [-0.25, -0.2) is 4.39 Å². The minimum absolute atomic E-state index is 0.0481. The Morgan fingerprint density at radius 3 is 2.92 bits per heavy atom. The van der Waals surface area contributed by atoms with Crippen LogP contribution in [0, 0.1) is 11.0 Å². The number of amides is 1. The molecule has 1 fully saturated rings. The minimum atomic E-state index is -0.384. The molecule has 24 heavy (non-hydrogen) atoms. The normalized spacial score (nSPS) is 17.0. The predicted molar refractivity (Wildman–Crippen MR) is 85.5 cm³/mol. The first-order valence-electron chi connectivity index (χ1n) is 7.97. The van der Waals surface area contributed by atoms with E-state index in [0.29, 0.717) is 23.4 Å². The highest BCUT2D eigenvalue weighted by Crippen LogP contribution is 2.17. The molecule has 1 aliphatic heterocycles. The van der Waals surface area contributed by atoms with E-state index in [0.717, 1.165) is 12.8 Å². The van der Waals surface area contributed by atoms with E-state index in [4.69, 9.17) is 4.74 Å². The van der Waals surface area contributed by atoms with Crippen LogP contribution in [-0.2, 0) is 11.3 Å². The second kappa shape index (κ2) is 7.40. The van der Waals surface area contributed by atoms with Crippen molar-refractivity contribution in [1.29, 1.82) is 0 Å². The van der Waals surface area contributed by atoms with Crippen molar-refractivity contribution in [3.05, 3.63) is 70.9 Å². The molecule has 1 amide bonds. The summed E-state index contributed by atoms with van der Waals surface area (Å²) in [6, 6.07) is 10.8. The molecule has 126 valence electrons. The zero-order valence-corrected chi connectivity index (χ0v) is 13.2. The van der Waals surface area contributed by atoms with Gasteiger partial charge in [0.05, 0.1) is 6.10 Å². The van der Waals surface area contributed by atoms with Crippen LogP contribution in [0.5, 0.6) is 0 Å². The van der Waals surface area contributed by atoms with Crippen molar-refractivity contribution in [3.8, 4) is 0 Å². The lowest BCUT2D eigenvalue weighted by Gasteiger charge is -2.25. The van der Waals surface area contributed by atoms with Crippen molar-refractivity contribution in [2.75, 3.05) is 13.2 Å². The molecule has 1 aromatic carbocycles. The molecule has 0 aliphatic carbocycles. The number of hydrogen-bond acceptors (Lipinski definition) is 3. The molecule has 1 aliphatic rings. The van der Waals surface area contributed by atoms with Crippen LogP contribution in [0.3, 0.4) is 0 Å². The van der Waals surface area contributed by atoms with Crippen molar-refractivity contribution in [1.82, 2.24) is 4.90 Å². The van der Waals surface area contributed by atoms with E-state index < -0.39 is 0 Å². The van der Waals surface area contributed by atoms with E-state index in [1.165, 1.54) is 24.4 Å². The van der Waals surface area contributed by atoms with E-state index in [-0.39, 0.29) is 30.1 Å². The largest absolute Gasteiger partial charge is 0.618 e. The van der Waals surface area contributed by atoms with Crippen LogP contribution in [0.25, 0.3) is 0 Å². The molecule has 6 heteroatoms. The summed E-state index contributed by atoms with van der Waals surface area (Å²) in [6.45, 7) is 1.29. The minimum Gasteiger partial charge on any atom is -0.618 e. The smallest absolute Gasteiger partial charge is 0.320 e. The van der Waals surface area contributed by atoms with Crippen molar-refractivity contribution in [2.45, 2.75) is 25.5 Å². The molecule has 0 saturated carbocycles. The summed E-state index contributed by atoms with van der Waals surface area (Å²) >= 11 is 0. The molecule has 1 saturated heterocycles. The summed E-state index contributed by atoms with van der Waals surface area (Å²) < 4.78 is 19.6. The summed E-state index contributed by atoms with van der Waals surface area (Å²) in [5.41, 5.74) is 0.724. The average Bonchev–Trinajstić information content (AvgIpc) is 3.07. The van der Waals surface area contributed by atoms with E-state index >= 15 is 0 Å². The van der Waals surface area contributed by atoms with Gasteiger partial charge in [-0.3, -0.25) is 4.79 Å². The van der Waals surface area contributed by atoms with Gasteiger partial charge >= 0.3 is 5.91 Å². The molecule has 0 bridgehead atoms. The molecule has 0 N–H and O–H groups in total. The Morgan fingerprint density at radius 2 is 2.21 bits per heavy atom. The molecule has 2 heterocycles. The Bertz CT molecular complexity index is 717. The first-order valence-corrected chi connectivity index (χ1v) is 7.97. The lowest BCUT2D eigenvalue weighted by molar-refractivity contribution is -0.608. The summed E-state index contributed by atoms with van der Waals surface area (Å²) in [6.07, 6.45) is 3.07. The second-order valence-corrected chi connectivity index (χ2v) is 5.86. The van der Waals surface area contributed by atoms with Crippen LogP contribution >= 0.6 is 0 Å². The highest BCUT2D eigenvalue weighted by Gasteiger charge is 2.27. The molecule has 1 aromatic heterocycles. The SMILES string of the molecule is O=C(c1cccc[n+]1[O-])N(Cc1cccc(F)c1)C[C@H]1CCCO1. The van der Waals surface area contributed by atoms with Crippen LogP contribution < -0.4 is 4.73 Å². The van der Waals surface area contributed by atoms with Gasteiger partial charge in [-0.05, 0) is 36.6 Å². The summed E-state index contributed by atoms with van der Waals surface area (Å²) in [5.74, 6) is -0.735. The molecule has 5 nitrogen and oxygen atoms in total. The number of halogens is 1. The van der Waals surface area contributed by atoms with Crippen LogP contribution in [-0.4, -0.2) is 30.1 Å².